The molecule has 1 aromatic heterocycles. The molecule has 0 fully saturated rings. The summed E-state index contributed by atoms with van der Waals surface area (Å²) in [6.45, 7) is 0.685. The summed E-state index contributed by atoms with van der Waals surface area (Å²) in [7, 11) is 0. The van der Waals surface area contributed by atoms with Crippen LogP contribution in [0.5, 0.6) is 0 Å². The number of nitrogens with zero attached hydrogens (tertiary/aromatic N) is 2. The molecule has 0 spiro atoms. The number of fused-ring (bicyclic) bond motifs is 2. The zero-order chi connectivity index (χ0) is 17.8. The molecular formula is C21H25N5. The Kier molecular flexibility index (Phi) is 4.86. The predicted molar refractivity (Wildman–Crippen MR) is 108 cm³/mol. The van der Waals surface area contributed by atoms with E-state index in [0.717, 1.165) is 41.8 Å². The lowest BCUT2D eigenvalue weighted by Crippen LogP contribution is -2.24. The molecule has 26 heavy (non-hydrogen) atoms. The van der Waals surface area contributed by atoms with Crippen molar-refractivity contribution < 1.29 is 0 Å². The van der Waals surface area contributed by atoms with Crippen LogP contribution in [-0.2, 0) is 19.3 Å². The first-order valence-corrected chi connectivity index (χ1v) is 9.41. The summed E-state index contributed by atoms with van der Waals surface area (Å²) < 4.78 is 0. The minimum absolute atomic E-state index is 0.494. The van der Waals surface area contributed by atoms with Gasteiger partial charge in [0.1, 0.15) is 5.82 Å². The molecule has 1 aliphatic rings. The Labute approximate surface area is 153 Å². The van der Waals surface area contributed by atoms with Gasteiger partial charge in [-0.1, -0.05) is 24.3 Å². The Bertz CT molecular complexity index is 892. The van der Waals surface area contributed by atoms with Crippen LogP contribution < -0.4 is 11.1 Å². The van der Waals surface area contributed by atoms with Gasteiger partial charge >= 0.3 is 0 Å². The Balaban J connectivity index is 1.32. The number of hydrogen-bond donors (Lipinski definition) is 3. The van der Waals surface area contributed by atoms with Crippen LogP contribution in [0.25, 0.3) is 11.0 Å². The Morgan fingerprint density at radius 3 is 2.92 bits per heavy atom. The van der Waals surface area contributed by atoms with Crippen LogP contribution >= 0.6 is 0 Å². The highest BCUT2D eigenvalue weighted by atomic mass is 15.1. The maximum absolute atomic E-state index is 6.10. The van der Waals surface area contributed by atoms with E-state index in [0.29, 0.717) is 12.5 Å². The topological polar surface area (TPSA) is 79.1 Å². The number of anilines is 1. The lowest BCUT2D eigenvalue weighted by atomic mass is 9.90. The third-order valence-electron chi connectivity index (χ3n) is 4.95. The standard InChI is InChI=1S/C21H25N5/c22-21(26-17-12-5-8-15-7-1-2-9-16(15)17)23-14-6-13-20-24-18-10-3-4-11-19(18)25-20/h3-5,8,10-12H,1-2,6-7,9,13-14H2,(H,24,25)(H3,22,23,26). The molecule has 0 bridgehead atoms. The summed E-state index contributed by atoms with van der Waals surface area (Å²) in [5, 5.41) is 3.29. The van der Waals surface area contributed by atoms with Crippen molar-refractivity contribution in [1.29, 1.82) is 0 Å². The fourth-order valence-electron chi connectivity index (χ4n) is 3.65. The monoisotopic (exact) mass is 347 g/mol. The van der Waals surface area contributed by atoms with Crippen LogP contribution in [-0.4, -0.2) is 22.5 Å². The van der Waals surface area contributed by atoms with Gasteiger partial charge in [0.15, 0.2) is 5.96 Å². The Morgan fingerprint density at radius 1 is 1.12 bits per heavy atom. The number of benzene rings is 2. The van der Waals surface area contributed by atoms with Gasteiger partial charge < -0.3 is 16.0 Å². The quantitative estimate of drug-likeness (QED) is 0.373. The second kappa shape index (κ2) is 7.60. The van der Waals surface area contributed by atoms with E-state index in [2.05, 4.69) is 38.5 Å². The molecule has 0 saturated heterocycles. The van der Waals surface area contributed by atoms with Crippen molar-refractivity contribution in [2.75, 3.05) is 11.9 Å². The van der Waals surface area contributed by atoms with Crippen LogP contribution in [0.2, 0.25) is 0 Å². The number of aryl methyl sites for hydroxylation is 2. The SMILES string of the molecule is NC(=NCCCc1nc2ccccc2[nH]1)Nc1cccc2c1CCCC2. The van der Waals surface area contributed by atoms with E-state index in [-0.39, 0.29) is 0 Å². The molecular weight excluding hydrogens is 322 g/mol. The van der Waals surface area contributed by atoms with Crippen molar-refractivity contribution in [2.24, 2.45) is 10.7 Å². The van der Waals surface area contributed by atoms with E-state index < -0.39 is 0 Å². The van der Waals surface area contributed by atoms with Crippen LogP contribution in [0.15, 0.2) is 47.5 Å². The molecule has 5 nitrogen and oxygen atoms in total. The van der Waals surface area contributed by atoms with Gasteiger partial charge in [0.2, 0.25) is 0 Å². The lowest BCUT2D eigenvalue weighted by molar-refractivity contribution is 0.687. The highest BCUT2D eigenvalue weighted by Crippen LogP contribution is 2.27. The van der Waals surface area contributed by atoms with Gasteiger partial charge in [0, 0.05) is 18.7 Å². The summed E-state index contributed by atoms with van der Waals surface area (Å²) in [6, 6.07) is 14.5. The molecule has 2 aromatic carbocycles. The molecule has 0 aliphatic heterocycles. The van der Waals surface area contributed by atoms with E-state index in [4.69, 9.17) is 5.73 Å². The molecule has 0 atom stereocenters. The third-order valence-corrected chi connectivity index (χ3v) is 4.95. The summed E-state index contributed by atoms with van der Waals surface area (Å²) >= 11 is 0. The first-order chi connectivity index (χ1) is 12.8. The van der Waals surface area contributed by atoms with Crippen molar-refractivity contribution in [3.63, 3.8) is 0 Å². The van der Waals surface area contributed by atoms with Gasteiger partial charge in [0.25, 0.3) is 0 Å². The molecule has 134 valence electrons. The van der Waals surface area contributed by atoms with Gasteiger partial charge in [-0.15, -0.1) is 0 Å². The average molecular weight is 347 g/mol. The van der Waals surface area contributed by atoms with Crippen LogP contribution in [0, 0.1) is 0 Å². The molecule has 4 N–H and O–H groups in total. The van der Waals surface area contributed by atoms with Crippen LogP contribution in [0.4, 0.5) is 5.69 Å². The second-order valence-corrected chi connectivity index (χ2v) is 6.85. The fraction of sp³-hybridized carbons (Fsp3) is 0.333. The number of H-pyrrole nitrogens is 1. The number of guanidine groups is 1. The van der Waals surface area contributed by atoms with E-state index in [1.165, 1.54) is 30.4 Å². The minimum atomic E-state index is 0.494. The van der Waals surface area contributed by atoms with Gasteiger partial charge in [-0.3, -0.25) is 4.99 Å². The second-order valence-electron chi connectivity index (χ2n) is 6.85. The minimum Gasteiger partial charge on any atom is -0.370 e. The summed E-state index contributed by atoms with van der Waals surface area (Å²) in [5.74, 6) is 1.50. The maximum Gasteiger partial charge on any atom is 0.193 e. The van der Waals surface area contributed by atoms with Crippen molar-refractivity contribution in [2.45, 2.75) is 38.5 Å². The average Bonchev–Trinajstić information content (AvgIpc) is 3.08. The van der Waals surface area contributed by atoms with Gasteiger partial charge in [-0.05, 0) is 61.4 Å². The molecule has 1 heterocycles. The lowest BCUT2D eigenvalue weighted by Gasteiger charge is -2.19. The maximum atomic E-state index is 6.10. The summed E-state index contributed by atoms with van der Waals surface area (Å²) in [4.78, 5) is 12.4. The number of aromatic nitrogens is 2. The number of rotatable bonds is 5. The van der Waals surface area contributed by atoms with Crippen molar-refractivity contribution >= 4 is 22.7 Å². The normalized spacial score (nSPS) is 14.4. The smallest absolute Gasteiger partial charge is 0.193 e. The molecule has 0 amide bonds. The van der Waals surface area contributed by atoms with Crippen LogP contribution in [0.1, 0.15) is 36.2 Å². The van der Waals surface area contributed by atoms with Crippen molar-refractivity contribution in [3.8, 4) is 0 Å². The molecule has 0 saturated carbocycles. The van der Waals surface area contributed by atoms with Crippen molar-refractivity contribution in [1.82, 2.24) is 9.97 Å². The Morgan fingerprint density at radius 2 is 2.00 bits per heavy atom. The Hall–Kier alpha value is -2.82. The molecule has 0 unspecified atom stereocenters. The van der Waals surface area contributed by atoms with Gasteiger partial charge in [-0.2, -0.15) is 0 Å². The highest BCUT2D eigenvalue weighted by Gasteiger charge is 2.13. The number of nitrogens with one attached hydrogen (secondary N) is 2. The molecule has 4 rings (SSSR count). The van der Waals surface area contributed by atoms with E-state index in [9.17, 15) is 0 Å². The largest absolute Gasteiger partial charge is 0.370 e. The number of imidazole rings is 1. The first-order valence-electron chi connectivity index (χ1n) is 9.41. The predicted octanol–water partition coefficient (Wildman–Crippen LogP) is 3.80. The molecule has 1 aliphatic carbocycles. The van der Waals surface area contributed by atoms with Gasteiger partial charge in [-0.25, -0.2) is 4.98 Å². The molecule has 0 radical (unpaired) electrons. The zero-order valence-electron chi connectivity index (χ0n) is 15.0. The van der Waals surface area contributed by atoms with Gasteiger partial charge in [0.05, 0.1) is 11.0 Å². The van der Waals surface area contributed by atoms with E-state index in [1.807, 2.05) is 24.3 Å². The van der Waals surface area contributed by atoms with E-state index in [1.54, 1.807) is 0 Å². The third kappa shape index (κ3) is 3.72. The molecule has 3 aromatic rings. The summed E-state index contributed by atoms with van der Waals surface area (Å²) in [6.07, 6.45) is 6.60. The summed E-state index contributed by atoms with van der Waals surface area (Å²) in [5.41, 5.74) is 12.2. The van der Waals surface area contributed by atoms with Crippen LogP contribution in [0.3, 0.4) is 0 Å². The van der Waals surface area contributed by atoms with Crippen molar-refractivity contribution in [3.05, 3.63) is 59.4 Å². The fourth-order valence-corrected chi connectivity index (χ4v) is 3.65. The number of para-hydroxylation sites is 2. The highest BCUT2D eigenvalue weighted by molar-refractivity contribution is 5.93. The number of nitrogens with two attached hydrogens (primary N) is 1. The zero-order valence-corrected chi connectivity index (χ0v) is 15.0. The van der Waals surface area contributed by atoms with E-state index >= 15 is 0 Å². The number of aromatic amines is 1. The molecule has 5 heteroatoms. The number of aliphatic imine (C=N–C) groups is 1. The number of hydrogen-bond acceptors (Lipinski definition) is 2. The first kappa shape index (κ1) is 16.6.